The van der Waals surface area contributed by atoms with Crippen molar-refractivity contribution in [2.75, 3.05) is 7.05 Å². The Bertz CT molecular complexity index is 519. The highest BCUT2D eigenvalue weighted by Crippen LogP contribution is 2.34. The average Bonchev–Trinajstić information content (AvgIpc) is 2.71. The predicted octanol–water partition coefficient (Wildman–Crippen LogP) is 4.44. The van der Waals surface area contributed by atoms with Crippen molar-refractivity contribution in [3.63, 3.8) is 0 Å². The number of rotatable bonds is 3. The van der Waals surface area contributed by atoms with Crippen LogP contribution < -0.4 is 5.32 Å². The van der Waals surface area contributed by atoms with Gasteiger partial charge < -0.3 is 5.32 Å². The van der Waals surface area contributed by atoms with Crippen LogP contribution in [0.5, 0.6) is 0 Å². The lowest BCUT2D eigenvalue weighted by molar-refractivity contribution is 0.696. The summed E-state index contributed by atoms with van der Waals surface area (Å²) >= 11 is 5.40. The van der Waals surface area contributed by atoms with E-state index in [4.69, 9.17) is 0 Å². The molecule has 0 saturated carbocycles. The van der Waals surface area contributed by atoms with Gasteiger partial charge in [-0.25, -0.2) is 0 Å². The first-order valence-electron chi connectivity index (χ1n) is 5.60. The van der Waals surface area contributed by atoms with Gasteiger partial charge in [0, 0.05) is 9.35 Å². The third kappa shape index (κ3) is 2.62. The fraction of sp³-hybridized carbons (Fsp3) is 0.286. The SMILES string of the molecule is CNC(c1cc(C)ccc1C)c1sccc1Br. The van der Waals surface area contributed by atoms with Crippen LogP contribution in [-0.4, -0.2) is 7.05 Å². The first kappa shape index (κ1) is 12.8. The minimum absolute atomic E-state index is 0.268. The van der Waals surface area contributed by atoms with Gasteiger partial charge in [-0.05, 0) is 59.4 Å². The topological polar surface area (TPSA) is 12.0 Å². The van der Waals surface area contributed by atoms with E-state index in [0.717, 1.165) is 0 Å². The Morgan fingerprint density at radius 2 is 2.00 bits per heavy atom. The van der Waals surface area contributed by atoms with Gasteiger partial charge in [0.25, 0.3) is 0 Å². The lowest BCUT2D eigenvalue weighted by atomic mass is 9.98. The van der Waals surface area contributed by atoms with Crippen molar-refractivity contribution in [1.82, 2.24) is 5.32 Å². The summed E-state index contributed by atoms with van der Waals surface area (Å²) in [6, 6.07) is 8.99. The molecule has 0 fully saturated rings. The van der Waals surface area contributed by atoms with Gasteiger partial charge in [0.2, 0.25) is 0 Å². The van der Waals surface area contributed by atoms with Crippen molar-refractivity contribution in [3.05, 3.63) is 55.7 Å². The number of hydrogen-bond donors (Lipinski definition) is 1. The van der Waals surface area contributed by atoms with E-state index in [-0.39, 0.29) is 6.04 Å². The van der Waals surface area contributed by atoms with Crippen LogP contribution in [0.2, 0.25) is 0 Å². The molecule has 1 N–H and O–H groups in total. The Kier molecular flexibility index (Phi) is 4.02. The summed E-state index contributed by atoms with van der Waals surface area (Å²) in [4.78, 5) is 1.33. The second kappa shape index (κ2) is 5.34. The minimum atomic E-state index is 0.268. The van der Waals surface area contributed by atoms with E-state index in [0.29, 0.717) is 0 Å². The van der Waals surface area contributed by atoms with Crippen molar-refractivity contribution < 1.29 is 0 Å². The molecule has 1 aromatic heterocycles. The van der Waals surface area contributed by atoms with Crippen LogP contribution in [0.25, 0.3) is 0 Å². The molecule has 1 heterocycles. The number of hydrogen-bond acceptors (Lipinski definition) is 2. The predicted molar refractivity (Wildman–Crippen MR) is 78.8 cm³/mol. The molecule has 2 rings (SSSR count). The van der Waals surface area contributed by atoms with Crippen LogP contribution in [0.1, 0.15) is 27.6 Å². The number of benzene rings is 1. The van der Waals surface area contributed by atoms with Gasteiger partial charge in [0.1, 0.15) is 0 Å². The van der Waals surface area contributed by atoms with Crippen molar-refractivity contribution >= 4 is 27.3 Å². The summed E-state index contributed by atoms with van der Waals surface area (Å²) in [6.45, 7) is 4.31. The van der Waals surface area contributed by atoms with Gasteiger partial charge in [0.05, 0.1) is 6.04 Å². The minimum Gasteiger partial charge on any atom is -0.309 e. The maximum absolute atomic E-state index is 3.62. The number of thiophene rings is 1. The molecular weight excluding hydrogens is 294 g/mol. The molecule has 1 aromatic carbocycles. The van der Waals surface area contributed by atoms with E-state index in [2.05, 4.69) is 64.7 Å². The molecule has 0 amide bonds. The Morgan fingerprint density at radius 1 is 1.24 bits per heavy atom. The molecule has 0 radical (unpaired) electrons. The van der Waals surface area contributed by atoms with Gasteiger partial charge in [-0.1, -0.05) is 23.8 Å². The van der Waals surface area contributed by atoms with Gasteiger partial charge >= 0.3 is 0 Å². The summed E-state index contributed by atoms with van der Waals surface area (Å²) in [7, 11) is 2.01. The van der Waals surface area contributed by atoms with Gasteiger partial charge in [-0.3, -0.25) is 0 Å². The standard InChI is InChI=1S/C14H16BrNS/c1-9-4-5-10(2)11(8-9)13(16-3)14-12(15)6-7-17-14/h4-8,13,16H,1-3H3. The van der Waals surface area contributed by atoms with Crippen LogP contribution in [-0.2, 0) is 0 Å². The van der Waals surface area contributed by atoms with Crippen LogP contribution in [0, 0.1) is 13.8 Å². The molecule has 0 aliphatic rings. The molecule has 1 atom stereocenters. The highest BCUT2D eigenvalue weighted by atomic mass is 79.9. The highest BCUT2D eigenvalue weighted by molar-refractivity contribution is 9.10. The Labute approximate surface area is 115 Å². The average molecular weight is 310 g/mol. The zero-order valence-electron chi connectivity index (χ0n) is 10.3. The molecule has 0 saturated heterocycles. The Balaban J connectivity index is 2.49. The van der Waals surface area contributed by atoms with E-state index in [9.17, 15) is 0 Å². The van der Waals surface area contributed by atoms with Crippen LogP contribution in [0.3, 0.4) is 0 Å². The molecule has 0 aliphatic heterocycles. The fourth-order valence-corrected chi connectivity index (χ4v) is 3.74. The monoisotopic (exact) mass is 309 g/mol. The normalized spacial score (nSPS) is 12.7. The molecular formula is C14H16BrNS. The largest absolute Gasteiger partial charge is 0.309 e. The summed E-state index contributed by atoms with van der Waals surface area (Å²) in [5.74, 6) is 0. The van der Waals surface area contributed by atoms with Gasteiger partial charge in [0.15, 0.2) is 0 Å². The molecule has 0 aliphatic carbocycles. The molecule has 1 unspecified atom stereocenters. The van der Waals surface area contributed by atoms with Gasteiger partial charge in [-0.15, -0.1) is 11.3 Å². The molecule has 0 spiro atoms. The van der Waals surface area contributed by atoms with E-state index in [1.165, 1.54) is 26.0 Å². The molecule has 17 heavy (non-hydrogen) atoms. The maximum Gasteiger partial charge on any atom is 0.0682 e. The first-order valence-corrected chi connectivity index (χ1v) is 7.28. The summed E-state index contributed by atoms with van der Waals surface area (Å²) in [5, 5.41) is 5.53. The van der Waals surface area contributed by atoms with E-state index >= 15 is 0 Å². The second-order valence-corrected chi connectivity index (χ2v) is 6.02. The molecule has 1 nitrogen and oxygen atoms in total. The first-order chi connectivity index (χ1) is 8.13. The van der Waals surface area contributed by atoms with Crippen LogP contribution >= 0.6 is 27.3 Å². The van der Waals surface area contributed by atoms with Crippen molar-refractivity contribution in [1.29, 1.82) is 0 Å². The van der Waals surface area contributed by atoms with E-state index < -0.39 is 0 Å². The molecule has 3 heteroatoms. The fourth-order valence-electron chi connectivity index (χ4n) is 2.01. The highest BCUT2D eigenvalue weighted by Gasteiger charge is 2.18. The third-order valence-corrected chi connectivity index (χ3v) is 4.88. The lowest BCUT2D eigenvalue weighted by Gasteiger charge is -2.19. The van der Waals surface area contributed by atoms with E-state index in [1.807, 2.05) is 7.05 Å². The number of nitrogens with one attached hydrogen (secondary N) is 1. The molecule has 90 valence electrons. The Hall–Kier alpha value is -0.640. The third-order valence-electron chi connectivity index (χ3n) is 2.94. The zero-order valence-corrected chi connectivity index (χ0v) is 12.7. The number of halogens is 1. The van der Waals surface area contributed by atoms with Crippen molar-refractivity contribution in [3.8, 4) is 0 Å². The maximum atomic E-state index is 3.62. The van der Waals surface area contributed by atoms with E-state index in [1.54, 1.807) is 11.3 Å². The van der Waals surface area contributed by atoms with Gasteiger partial charge in [-0.2, -0.15) is 0 Å². The van der Waals surface area contributed by atoms with Crippen molar-refractivity contribution in [2.45, 2.75) is 19.9 Å². The Morgan fingerprint density at radius 3 is 2.59 bits per heavy atom. The summed E-state index contributed by atoms with van der Waals surface area (Å²) in [6.07, 6.45) is 0. The van der Waals surface area contributed by atoms with Crippen LogP contribution in [0.15, 0.2) is 34.1 Å². The summed E-state index contributed by atoms with van der Waals surface area (Å²) < 4.78 is 1.18. The zero-order chi connectivity index (χ0) is 12.4. The molecule has 0 bridgehead atoms. The second-order valence-electron chi connectivity index (χ2n) is 4.21. The van der Waals surface area contributed by atoms with Crippen LogP contribution in [0.4, 0.5) is 0 Å². The summed E-state index contributed by atoms with van der Waals surface area (Å²) in [5.41, 5.74) is 3.99. The lowest BCUT2D eigenvalue weighted by Crippen LogP contribution is -2.18. The quantitative estimate of drug-likeness (QED) is 0.884. The smallest absolute Gasteiger partial charge is 0.0682 e. The number of aryl methyl sites for hydroxylation is 2. The van der Waals surface area contributed by atoms with Crippen molar-refractivity contribution in [2.24, 2.45) is 0 Å². The molecule has 2 aromatic rings.